The number of rotatable bonds is 21. The lowest BCUT2D eigenvalue weighted by Crippen LogP contribution is -2.40. The van der Waals surface area contributed by atoms with Gasteiger partial charge < -0.3 is 24.8 Å². The predicted octanol–water partition coefficient (Wildman–Crippen LogP) is 5.30. The van der Waals surface area contributed by atoms with Crippen LogP contribution in [0.3, 0.4) is 0 Å². The lowest BCUT2D eigenvalue weighted by Gasteiger charge is -2.20. The third-order valence-corrected chi connectivity index (χ3v) is 6.16. The summed E-state index contributed by atoms with van der Waals surface area (Å²) in [6, 6.07) is 0. The molecule has 0 aromatic rings. The summed E-state index contributed by atoms with van der Waals surface area (Å²) in [5.74, 6) is 0. The van der Waals surface area contributed by atoms with Crippen molar-refractivity contribution in [3.8, 4) is 0 Å². The third-order valence-electron chi connectivity index (χ3n) is 6.16. The van der Waals surface area contributed by atoms with E-state index in [1.54, 1.807) is 0 Å². The van der Waals surface area contributed by atoms with Crippen molar-refractivity contribution in [2.45, 2.75) is 134 Å². The average Bonchev–Trinajstić information content (AvgIpc) is 3.10. The summed E-state index contributed by atoms with van der Waals surface area (Å²) in [6.45, 7) is 3.09. The highest BCUT2D eigenvalue weighted by Gasteiger charge is 2.39. The van der Waals surface area contributed by atoms with Gasteiger partial charge in [0.15, 0.2) is 0 Å². The van der Waals surface area contributed by atoms with Gasteiger partial charge in [-0.1, -0.05) is 89.7 Å². The monoisotopic (exact) mass is 442 g/mol. The van der Waals surface area contributed by atoms with Crippen LogP contribution < -0.4 is 0 Å². The Morgan fingerprint density at radius 3 is 1.84 bits per heavy atom. The van der Waals surface area contributed by atoms with Crippen LogP contribution >= 0.6 is 0 Å². The van der Waals surface area contributed by atoms with Crippen LogP contribution in [0.25, 0.3) is 0 Å². The maximum absolute atomic E-state index is 9.96. The standard InChI is InChI=1S/C26H50O5/c1-2-3-4-5-6-7-8-9-10-11-12-13-14-15-16-17-18-19-20-30-21-24(28)26-25(29)23(27)22-31-26/h7-8,23-29H,2-6,9-22H2,1H3/b8-7+/t23-,24+,25-,26-/m0/s1. The molecule has 0 amide bonds. The number of aliphatic hydroxyl groups is 3. The van der Waals surface area contributed by atoms with Crippen molar-refractivity contribution in [1.82, 2.24) is 0 Å². The fraction of sp³-hybridized carbons (Fsp3) is 0.923. The lowest BCUT2D eigenvalue weighted by atomic mass is 10.1. The van der Waals surface area contributed by atoms with E-state index in [2.05, 4.69) is 19.1 Å². The molecule has 1 aliphatic rings. The Labute approximate surface area is 191 Å². The molecule has 5 heteroatoms. The number of hydrogen-bond donors (Lipinski definition) is 3. The van der Waals surface area contributed by atoms with Gasteiger partial charge in [0, 0.05) is 6.61 Å². The van der Waals surface area contributed by atoms with E-state index in [0.717, 1.165) is 12.8 Å². The van der Waals surface area contributed by atoms with Crippen LogP contribution in [0.4, 0.5) is 0 Å². The van der Waals surface area contributed by atoms with E-state index in [1.165, 1.54) is 89.9 Å². The van der Waals surface area contributed by atoms with Crippen LogP contribution in [0.2, 0.25) is 0 Å². The molecule has 1 heterocycles. The summed E-state index contributed by atoms with van der Waals surface area (Å²) < 4.78 is 10.7. The van der Waals surface area contributed by atoms with Crippen molar-refractivity contribution < 1.29 is 24.8 Å². The maximum Gasteiger partial charge on any atom is 0.114 e. The zero-order valence-corrected chi connectivity index (χ0v) is 20.1. The molecule has 0 radical (unpaired) electrons. The van der Waals surface area contributed by atoms with E-state index in [0.29, 0.717) is 6.61 Å². The molecular formula is C26H50O5. The van der Waals surface area contributed by atoms with Crippen molar-refractivity contribution in [2.24, 2.45) is 0 Å². The first-order valence-electron chi connectivity index (χ1n) is 13.0. The minimum Gasteiger partial charge on any atom is -0.388 e. The normalized spacial score (nSPS) is 22.5. The van der Waals surface area contributed by atoms with Gasteiger partial charge in [0.05, 0.1) is 13.2 Å². The molecule has 0 aromatic heterocycles. The Hall–Kier alpha value is -0.460. The van der Waals surface area contributed by atoms with Crippen molar-refractivity contribution >= 4 is 0 Å². The average molecular weight is 443 g/mol. The first kappa shape index (κ1) is 28.6. The summed E-state index contributed by atoms with van der Waals surface area (Å²) in [6.07, 6.45) is 22.0. The van der Waals surface area contributed by atoms with Gasteiger partial charge >= 0.3 is 0 Å². The molecular weight excluding hydrogens is 392 g/mol. The molecule has 5 nitrogen and oxygen atoms in total. The Kier molecular flexibility index (Phi) is 18.6. The minimum atomic E-state index is -1.03. The van der Waals surface area contributed by atoms with Gasteiger partial charge in [0.2, 0.25) is 0 Å². The topological polar surface area (TPSA) is 79.2 Å². The van der Waals surface area contributed by atoms with Crippen molar-refractivity contribution in [3.05, 3.63) is 12.2 Å². The van der Waals surface area contributed by atoms with Crippen molar-refractivity contribution in [2.75, 3.05) is 19.8 Å². The quantitative estimate of drug-likeness (QED) is 0.166. The first-order valence-corrected chi connectivity index (χ1v) is 13.0. The molecule has 31 heavy (non-hydrogen) atoms. The van der Waals surface area contributed by atoms with E-state index in [-0.39, 0.29) is 13.2 Å². The SMILES string of the molecule is CCCCCC/C=C/CCCCCCCCCCCCOC[C@@H](O)[C@@H]1OC[C@H](O)[C@@H]1O. The van der Waals surface area contributed by atoms with Gasteiger partial charge in [-0.2, -0.15) is 0 Å². The molecule has 0 spiro atoms. The van der Waals surface area contributed by atoms with Gasteiger partial charge in [-0.05, 0) is 32.1 Å². The second-order valence-electron chi connectivity index (χ2n) is 9.14. The third kappa shape index (κ3) is 15.1. The minimum absolute atomic E-state index is 0.0689. The van der Waals surface area contributed by atoms with E-state index in [1.807, 2.05) is 0 Å². The lowest BCUT2D eigenvalue weighted by molar-refractivity contribution is -0.0813. The van der Waals surface area contributed by atoms with Crippen molar-refractivity contribution in [3.63, 3.8) is 0 Å². The van der Waals surface area contributed by atoms with Crippen LogP contribution in [0.1, 0.15) is 110 Å². The van der Waals surface area contributed by atoms with Gasteiger partial charge in [-0.15, -0.1) is 0 Å². The second kappa shape index (κ2) is 20.2. The van der Waals surface area contributed by atoms with E-state index in [4.69, 9.17) is 9.47 Å². The van der Waals surface area contributed by atoms with Crippen LogP contribution in [0.15, 0.2) is 12.2 Å². The maximum atomic E-state index is 9.96. The Morgan fingerprint density at radius 1 is 0.806 bits per heavy atom. The molecule has 1 saturated heterocycles. The van der Waals surface area contributed by atoms with Gasteiger partial charge in [-0.25, -0.2) is 0 Å². The highest BCUT2D eigenvalue weighted by atomic mass is 16.5. The predicted molar refractivity (Wildman–Crippen MR) is 127 cm³/mol. The van der Waals surface area contributed by atoms with Gasteiger partial charge in [-0.3, -0.25) is 0 Å². The second-order valence-corrected chi connectivity index (χ2v) is 9.14. The highest BCUT2D eigenvalue weighted by molar-refractivity contribution is 4.87. The van der Waals surface area contributed by atoms with E-state index < -0.39 is 24.4 Å². The molecule has 1 fully saturated rings. The summed E-state index contributed by atoms with van der Waals surface area (Å²) in [5.41, 5.74) is 0. The van der Waals surface area contributed by atoms with E-state index in [9.17, 15) is 15.3 Å². The smallest absolute Gasteiger partial charge is 0.114 e. The molecule has 0 unspecified atom stereocenters. The number of aliphatic hydroxyl groups excluding tert-OH is 3. The Balaban J connectivity index is 1.75. The summed E-state index contributed by atoms with van der Waals surface area (Å²) in [7, 11) is 0. The molecule has 1 rings (SSSR count). The van der Waals surface area contributed by atoms with Crippen LogP contribution in [-0.2, 0) is 9.47 Å². The molecule has 1 aliphatic heterocycles. The summed E-state index contributed by atoms with van der Waals surface area (Å²) in [4.78, 5) is 0. The molecule has 0 saturated carbocycles. The van der Waals surface area contributed by atoms with Crippen LogP contribution in [0.5, 0.6) is 0 Å². The highest BCUT2D eigenvalue weighted by Crippen LogP contribution is 2.18. The van der Waals surface area contributed by atoms with Crippen molar-refractivity contribution in [1.29, 1.82) is 0 Å². The number of unbranched alkanes of at least 4 members (excludes halogenated alkanes) is 14. The molecule has 4 atom stereocenters. The fourth-order valence-corrected chi connectivity index (χ4v) is 4.07. The van der Waals surface area contributed by atoms with Gasteiger partial charge in [0.25, 0.3) is 0 Å². The number of hydrogen-bond acceptors (Lipinski definition) is 5. The zero-order chi connectivity index (χ0) is 22.6. The summed E-state index contributed by atoms with van der Waals surface area (Å²) >= 11 is 0. The number of allylic oxidation sites excluding steroid dienone is 2. The summed E-state index contributed by atoms with van der Waals surface area (Å²) in [5, 5.41) is 29.1. The zero-order valence-electron chi connectivity index (χ0n) is 20.1. The fourth-order valence-electron chi connectivity index (χ4n) is 4.07. The molecule has 3 N–H and O–H groups in total. The molecule has 0 bridgehead atoms. The Morgan fingerprint density at radius 2 is 1.32 bits per heavy atom. The van der Waals surface area contributed by atoms with Gasteiger partial charge in [0.1, 0.15) is 24.4 Å². The Bertz CT molecular complexity index is 415. The first-order chi connectivity index (χ1) is 15.2. The molecule has 0 aromatic carbocycles. The van der Waals surface area contributed by atoms with Crippen LogP contribution in [0, 0.1) is 0 Å². The van der Waals surface area contributed by atoms with Crippen LogP contribution in [-0.4, -0.2) is 59.6 Å². The van der Waals surface area contributed by atoms with E-state index >= 15 is 0 Å². The number of ether oxygens (including phenoxy) is 2. The molecule has 184 valence electrons. The molecule has 0 aliphatic carbocycles. The largest absolute Gasteiger partial charge is 0.388 e.